The minimum Gasteiger partial charge on any atom is -0.479 e. The first-order chi connectivity index (χ1) is 9.88. The van der Waals surface area contributed by atoms with Gasteiger partial charge in [0.2, 0.25) is 0 Å². The van der Waals surface area contributed by atoms with Crippen molar-refractivity contribution in [2.45, 2.75) is 25.0 Å². The van der Waals surface area contributed by atoms with Crippen LogP contribution in [-0.2, 0) is 9.53 Å². The Labute approximate surface area is 123 Å². The number of carbonyl (C=O) groups is 2. The zero-order valence-corrected chi connectivity index (χ0v) is 11.5. The number of nitrogens with one attached hydrogen (secondary N) is 1. The Kier molecular flexibility index (Phi) is 4.74. The number of carbonyl (C=O) groups excluding carboxylic acids is 1. The van der Waals surface area contributed by atoms with Crippen LogP contribution in [0.3, 0.4) is 0 Å². The molecule has 1 fully saturated rings. The molecule has 1 aliphatic heterocycles. The number of hydrogen-bond donors (Lipinski definition) is 2. The summed E-state index contributed by atoms with van der Waals surface area (Å²) in [5, 5.41) is 10.7. The van der Waals surface area contributed by atoms with E-state index >= 15 is 0 Å². The van der Waals surface area contributed by atoms with Crippen LogP contribution in [0.2, 0.25) is 5.02 Å². The molecule has 21 heavy (non-hydrogen) atoms. The molecule has 1 aliphatic rings. The molecule has 5 nitrogen and oxygen atoms in total. The average molecular weight is 320 g/mol. The number of ether oxygens (including phenoxy) is 1. The fourth-order valence-corrected chi connectivity index (χ4v) is 2.19. The average Bonchev–Trinajstić information content (AvgIpc) is 2.89. The van der Waals surface area contributed by atoms with E-state index in [-0.39, 0.29) is 6.54 Å². The van der Waals surface area contributed by atoms with Gasteiger partial charge in [-0.2, -0.15) is 0 Å². The number of carboxylic acids is 1. The van der Waals surface area contributed by atoms with Crippen LogP contribution in [0.15, 0.2) is 12.1 Å². The van der Waals surface area contributed by atoms with Crippen LogP contribution < -0.4 is 5.32 Å². The fourth-order valence-electron chi connectivity index (χ4n) is 2.04. The summed E-state index contributed by atoms with van der Waals surface area (Å²) in [6.45, 7) is 0.0201. The number of rotatable bonds is 4. The van der Waals surface area contributed by atoms with Gasteiger partial charge in [0.1, 0.15) is 11.6 Å². The highest BCUT2D eigenvalue weighted by atomic mass is 35.5. The highest BCUT2D eigenvalue weighted by molar-refractivity contribution is 6.30. The minimum atomic E-state index is -1.06. The molecule has 1 saturated heterocycles. The number of benzene rings is 1. The molecule has 2 unspecified atom stereocenters. The van der Waals surface area contributed by atoms with Crippen molar-refractivity contribution in [1.29, 1.82) is 0 Å². The van der Waals surface area contributed by atoms with E-state index < -0.39 is 46.3 Å². The maximum Gasteiger partial charge on any atom is 0.332 e. The number of aliphatic carboxylic acids is 1. The van der Waals surface area contributed by atoms with Crippen molar-refractivity contribution in [3.8, 4) is 0 Å². The summed E-state index contributed by atoms with van der Waals surface area (Å²) >= 11 is 5.39. The summed E-state index contributed by atoms with van der Waals surface area (Å²) in [5.41, 5.74) is -0.468. The van der Waals surface area contributed by atoms with Gasteiger partial charge in [-0.25, -0.2) is 13.6 Å². The van der Waals surface area contributed by atoms with E-state index in [1.807, 2.05) is 0 Å². The van der Waals surface area contributed by atoms with Crippen molar-refractivity contribution < 1.29 is 28.2 Å². The van der Waals surface area contributed by atoms with Crippen molar-refractivity contribution in [3.05, 3.63) is 34.4 Å². The monoisotopic (exact) mass is 319 g/mol. The van der Waals surface area contributed by atoms with E-state index in [0.29, 0.717) is 18.9 Å². The van der Waals surface area contributed by atoms with Crippen LogP contribution in [0.5, 0.6) is 0 Å². The molecule has 0 spiro atoms. The maximum atomic E-state index is 13.5. The van der Waals surface area contributed by atoms with Crippen LogP contribution in [0.1, 0.15) is 23.2 Å². The molecular formula is C13H12ClF2NO4. The highest BCUT2D eigenvalue weighted by Gasteiger charge is 2.30. The zero-order valence-electron chi connectivity index (χ0n) is 10.7. The predicted octanol–water partition coefficient (Wildman–Crippen LogP) is 1.98. The molecule has 1 aromatic rings. The molecule has 0 saturated carbocycles. The van der Waals surface area contributed by atoms with Crippen molar-refractivity contribution in [1.82, 2.24) is 5.32 Å². The maximum absolute atomic E-state index is 13.5. The van der Waals surface area contributed by atoms with E-state index in [0.717, 1.165) is 6.07 Å². The summed E-state index contributed by atoms with van der Waals surface area (Å²) in [6.07, 6.45) is -0.541. The van der Waals surface area contributed by atoms with E-state index in [1.165, 1.54) is 0 Å². The third kappa shape index (κ3) is 3.68. The van der Waals surface area contributed by atoms with Crippen molar-refractivity contribution in [3.63, 3.8) is 0 Å². The number of halogens is 3. The van der Waals surface area contributed by atoms with E-state index in [4.69, 9.17) is 21.4 Å². The standard InChI is InChI=1S/C13H12ClF2NO4/c14-8-4-9(15)7(3-10(8)16)12(18)17-5-6-1-2-11(21-6)13(19)20/h3-4,6,11H,1-2,5H2,(H,17,18)(H,19,20). The number of amides is 1. The van der Waals surface area contributed by atoms with Gasteiger partial charge in [-0.3, -0.25) is 4.79 Å². The van der Waals surface area contributed by atoms with Gasteiger partial charge in [0.05, 0.1) is 16.7 Å². The summed E-state index contributed by atoms with van der Waals surface area (Å²) in [6, 6.07) is 1.43. The molecule has 0 bridgehead atoms. The lowest BCUT2D eigenvalue weighted by Gasteiger charge is -2.12. The first-order valence-corrected chi connectivity index (χ1v) is 6.57. The Hall–Kier alpha value is -1.73. The van der Waals surface area contributed by atoms with E-state index in [2.05, 4.69) is 5.32 Å². The lowest BCUT2D eigenvalue weighted by molar-refractivity contribution is -0.149. The minimum absolute atomic E-state index is 0.0201. The lowest BCUT2D eigenvalue weighted by Crippen LogP contribution is -2.33. The Balaban J connectivity index is 1.94. The molecule has 0 aromatic heterocycles. The molecule has 114 valence electrons. The van der Waals surface area contributed by atoms with Crippen molar-refractivity contribution >= 4 is 23.5 Å². The summed E-state index contributed by atoms with van der Waals surface area (Å²) < 4.78 is 31.9. The molecule has 1 aromatic carbocycles. The first kappa shape index (κ1) is 15.7. The number of hydrogen-bond acceptors (Lipinski definition) is 3. The molecule has 2 atom stereocenters. The normalized spacial score (nSPS) is 21.3. The summed E-state index contributed by atoms with van der Waals surface area (Å²) in [7, 11) is 0. The Bertz CT molecular complexity index is 582. The molecular weight excluding hydrogens is 308 g/mol. The Morgan fingerprint density at radius 1 is 1.33 bits per heavy atom. The molecule has 2 rings (SSSR count). The summed E-state index contributed by atoms with van der Waals surface area (Å²) in [4.78, 5) is 22.5. The highest BCUT2D eigenvalue weighted by Crippen LogP contribution is 2.21. The third-order valence-corrected chi connectivity index (χ3v) is 3.42. The molecule has 1 heterocycles. The molecule has 0 aliphatic carbocycles. The molecule has 2 N–H and O–H groups in total. The van der Waals surface area contributed by atoms with Gasteiger partial charge in [0.25, 0.3) is 5.91 Å². The van der Waals surface area contributed by atoms with Crippen LogP contribution in [-0.4, -0.2) is 35.7 Å². The Morgan fingerprint density at radius 3 is 2.67 bits per heavy atom. The zero-order chi connectivity index (χ0) is 15.6. The van der Waals surface area contributed by atoms with Crippen LogP contribution in [0.4, 0.5) is 8.78 Å². The predicted molar refractivity (Wildman–Crippen MR) is 69.2 cm³/mol. The second kappa shape index (κ2) is 6.36. The second-order valence-electron chi connectivity index (χ2n) is 4.62. The lowest BCUT2D eigenvalue weighted by atomic mass is 10.1. The first-order valence-electron chi connectivity index (χ1n) is 6.19. The fraction of sp³-hybridized carbons (Fsp3) is 0.385. The van der Waals surface area contributed by atoms with Gasteiger partial charge < -0.3 is 15.2 Å². The van der Waals surface area contributed by atoms with E-state index in [1.54, 1.807) is 0 Å². The van der Waals surface area contributed by atoms with Gasteiger partial charge in [0, 0.05) is 6.54 Å². The summed E-state index contributed by atoms with van der Waals surface area (Å²) in [5.74, 6) is -3.71. The number of carboxylic acid groups (broad SMARTS) is 1. The van der Waals surface area contributed by atoms with Gasteiger partial charge in [-0.15, -0.1) is 0 Å². The van der Waals surface area contributed by atoms with Crippen molar-refractivity contribution in [2.24, 2.45) is 0 Å². The Morgan fingerprint density at radius 2 is 2.05 bits per heavy atom. The van der Waals surface area contributed by atoms with Gasteiger partial charge >= 0.3 is 5.97 Å². The largest absolute Gasteiger partial charge is 0.479 e. The van der Waals surface area contributed by atoms with Crippen LogP contribution in [0.25, 0.3) is 0 Å². The quantitative estimate of drug-likeness (QED) is 0.832. The smallest absolute Gasteiger partial charge is 0.332 e. The second-order valence-corrected chi connectivity index (χ2v) is 5.03. The topological polar surface area (TPSA) is 75.6 Å². The van der Waals surface area contributed by atoms with Gasteiger partial charge in [-0.1, -0.05) is 11.6 Å². The van der Waals surface area contributed by atoms with Gasteiger partial charge in [0.15, 0.2) is 6.10 Å². The SMILES string of the molecule is O=C(NCC1CCC(C(=O)O)O1)c1cc(F)c(Cl)cc1F. The van der Waals surface area contributed by atoms with Crippen LogP contribution >= 0.6 is 11.6 Å². The molecule has 0 radical (unpaired) electrons. The van der Waals surface area contributed by atoms with Gasteiger partial charge in [-0.05, 0) is 25.0 Å². The third-order valence-electron chi connectivity index (χ3n) is 3.13. The molecule has 8 heteroatoms. The van der Waals surface area contributed by atoms with Crippen LogP contribution in [0, 0.1) is 11.6 Å². The van der Waals surface area contributed by atoms with Crippen molar-refractivity contribution in [2.75, 3.05) is 6.54 Å². The van der Waals surface area contributed by atoms with E-state index in [9.17, 15) is 18.4 Å². The molecule has 1 amide bonds.